The van der Waals surface area contributed by atoms with Gasteiger partial charge in [-0.1, -0.05) is 30.3 Å². The van der Waals surface area contributed by atoms with Crippen LogP contribution in [0.2, 0.25) is 0 Å². The molecular weight excluding hydrogens is 292 g/mol. The molecule has 0 bridgehead atoms. The van der Waals surface area contributed by atoms with Gasteiger partial charge in [0.1, 0.15) is 0 Å². The maximum absolute atomic E-state index is 12.2. The van der Waals surface area contributed by atoms with Gasteiger partial charge in [-0.3, -0.25) is 14.6 Å². The number of ether oxygens (including phenoxy) is 1. The number of nitrogens with zero attached hydrogens (tertiary/aromatic N) is 1. The first-order valence-electron chi connectivity index (χ1n) is 7.44. The number of esters is 1. The highest BCUT2D eigenvalue weighted by atomic mass is 16.5. The van der Waals surface area contributed by atoms with E-state index in [4.69, 9.17) is 4.74 Å². The monoisotopic (exact) mass is 312 g/mol. The SMILES string of the molecule is COC(=O)[C@@H](Cc1ccccc1)[C@H](C)NC(=O)c1ccncc1. The molecule has 23 heavy (non-hydrogen) atoms. The number of hydrogen-bond acceptors (Lipinski definition) is 4. The Labute approximate surface area is 135 Å². The number of rotatable bonds is 6. The average Bonchev–Trinajstić information content (AvgIpc) is 2.60. The summed E-state index contributed by atoms with van der Waals surface area (Å²) < 4.78 is 4.89. The van der Waals surface area contributed by atoms with Crippen LogP contribution in [0.4, 0.5) is 0 Å². The van der Waals surface area contributed by atoms with Crippen molar-refractivity contribution < 1.29 is 14.3 Å². The first kappa shape index (κ1) is 16.7. The van der Waals surface area contributed by atoms with Crippen molar-refractivity contribution in [1.82, 2.24) is 10.3 Å². The van der Waals surface area contributed by atoms with Gasteiger partial charge in [-0.15, -0.1) is 0 Å². The van der Waals surface area contributed by atoms with Crippen molar-refractivity contribution in [3.05, 3.63) is 66.0 Å². The Balaban J connectivity index is 2.09. The van der Waals surface area contributed by atoms with E-state index in [2.05, 4.69) is 10.3 Å². The Morgan fingerprint density at radius 3 is 2.39 bits per heavy atom. The van der Waals surface area contributed by atoms with E-state index >= 15 is 0 Å². The van der Waals surface area contributed by atoms with Gasteiger partial charge in [-0.05, 0) is 31.0 Å². The Kier molecular flexibility index (Phi) is 5.86. The van der Waals surface area contributed by atoms with Crippen molar-refractivity contribution in [2.45, 2.75) is 19.4 Å². The molecule has 1 amide bonds. The van der Waals surface area contributed by atoms with Crippen molar-refractivity contribution >= 4 is 11.9 Å². The Hall–Kier alpha value is -2.69. The summed E-state index contributed by atoms with van der Waals surface area (Å²) in [5.41, 5.74) is 1.53. The molecule has 1 aromatic heterocycles. The molecule has 0 saturated carbocycles. The number of benzene rings is 1. The average molecular weight is 312 g/mol. The fraction of sp³-hybridized carbons (Fsp3) is 0.278. The maximum Gasteiger partial charge on any atom is 0.311 e. The van der Waals surface area contributed by atoms with Gasteiger partial charge in [0.05, 0.1) is 13.0 Å². The number of methoxy groups -OCH3 is 1. The molecule has 1 heterocycles. The zero-order chi connectivity index (χ0) is 16.7. The van der Waals surface area contributed by atoms with Gasteiger partial charge in [0, 0.05) is 24.0 Å². The second kappa shape index (κ2) is 8.08. The topological polar surface area (TPSA) is 68.3 Å². The lowest BCUT2D eigenvalue weighted by atomic mass is 9.93. The predicted octanol–water partition coefficient (Wildman–Crippen LogP) is 2.23. The molecular formula is C18H20N2O3. The lowest BCUT2D eigenvalue weighted by molar-refractivity contribution is -0.146. The minimum atomic E-state index is -0.451. The Morgan fingerprint density at radius 1 is 1.13 bits per heavy atom. The van der Waals surface area contributed by atoms with Crippen LogP contribution >= 0.6 is 0 Å². The molecule has 2 atom stereocenters. The van der Waals surface area contributed by atoms with E-state index in [0.29, 0.717) is 12.0 Å². The van der Waals surface area contributed by atoms with Crippen LogP contribution in [-0.4, -0.2) is 30.0 Å². The third kappa shape index (κ3) is 4.64. The summed E-state index contributed by atoms with van der Waals surface area (Å²) in [5, 5.41) is 2.86. The van der Waals surface area contributed by atoms with Gasteiger partial charge in [0.15, 0.2) is 0 Å². The zero-order valence-corrected chi connectivity index (χ0v) is 13.2. The first-order valence-corrected chi connectivity index (χ1v) is 7.44. The van der Waals surface area contributed by atoms with Crippen LogP contribution in [0.15, 0.2) is 54.9 Å². The predicted molar refractivity (Wildman–Crippen MR) is 86.8 cm³/mol. The van der Waals surface area contributed by atoms with Crippen LogP contribution in [0.1, 0.15) is 22.8 Å². The Morgan fingerprint density at radius 2 is 1.78 bits per heavy atom. The molecule has 120 valence electrons. The molecule has 0 unspecified atom stereocenters. The lowest BCUT2D eigenvalue weighted by Crippen LogP contribution is -2.42. The van der Waals surface area contributed by atoms with Crippen LogP contribution in [0.5, 0.6) is 0 Å². The summed E-state index contributed by atoms with van der Waals surface area (Å²) in [6, 6.07) is 12.6. The summed E-state index contributed by atoms with van der Waals surface area (Å²) in [4.78, 5) is 28.2. The third-order valence-electron chi connectivity index (χ3n) is 3.71. The molecule has 0 fully saturated rings. The van der Waals surface area contributed by atoms with E-state index in [1.165, 1.54) is 7.11 Å². The van der Waals surface area contributed by atoms with E-state index in [9.17, 15) is 9.59 Å². The van der Waals surface area contributed by atoms with Crippen molar-refractivity contribution in [3.63, 3.8) is 0 Å². The number of aromatic nitrogens is 1. The zero-order valence-electron chi connectivity index (χ0n) is 13.2. The second-order valence-electron chi connectivity index (χ2n) is 5.32. The minimum Gasteiger partial charge on any atom is -0.469 e. The highest BCUT2D eigenvalue weighted by Crippen LogP contribution is 2.15. The fourth-order valence-corrected chi connectivity index (χ4v) is 2.38. The minimum absolute atomic E-state index is 0.234. The fourth-order valence-electron chi connectivity index (χ4n) is 2.38. The summed E-state index contributed by atoms with van der Waals surface area (Å²) in [5.74, 6) is -1.02. The second-order valence-corrected chi connectivity index (χ2v) is 5.32. The highest BCUT2D eigenvalue weighted by Gasteiger charge is 2.27. The molecule has 1 N–H and O–H groups in total. The molecule has 0 aliphatic rings. The van der Waals surface area contributed by atoms with Crippen molar-refractivity contribution in [1.29, 1.82) is 0 Å². The van der Waals surface area contributed by atoms with E-state index in [-0.39, 0.29) is 17.9 Å². The van der Waals surface area contributed by atoms with Crippen LogP contribution in [0, 0.1) is 5.92 Å². The summed E-state index contributed by atoms with van der Waals surface area (Å²) >= 11 is 0. The third-order valence-corrected chi connectivity index (χ3v) is 3.71. The van der Waals surface area contributed by atoms with Crippen LogP contribution in [-0.2, 0) is 16.0 Å². The van der Waals surface area contributed by atoms with Gasteiger partial charge < -0.3 is 10.1 Å². The molecule has 0 spiro atoms. The number of carbonyl (C=O) groups is 2. The van der Waals surface area contributed by atoms with Gasteiger partial charge >= 0.3 is 5.97 Å². The quantitative estimate of drug-likeness (QED) is 0.831. The van der Waals surface area contributed by atoms with Crippen molar-refractivity contribution in [2.24, 2.45) is 5.92 Å². The largest absolute Gasteiger partial charge is 0.469 e. The maximum atomic E-state index is 12.2. The smallest absolute Gasteiger partial charge is 0.311 e. The van der Waals surface area contributed by atoms with Crippen molar-refractivity contribution in [3.8, 4) is 0 Å². The highest BCUT2D eigenvalue weighted by molar-refractivity contribution is 5.94. The van der Waals surface area contributed by atoms with E-state index in [1.54, 1.807) is 24.5 Å². The number of nitrogens with one attached hydrogen (secondary N) is 1. The van der Waals surface area contributed by atoms with E-state index < -0.39 is 5.92 Å². The molecule has 1 aromatic carbocycles. The molecule has 5 heteroatoms. The van der Waals surface area contributed by atoms with E-state index in [0.717, 1.165) is 5.56 Å². The normalized spacial score (nSPS) is 13.0. The van der Waals surface area contributed by atoms with Crippen LogP contribution in [0.25, 0.3) is 0 Å². The van der Waals surface area contributed by atoms with Gasteiger partial charge in [-0.25, -0.2) is 0 Å². The molecule has 2 rings (SSSR count). The summed E-state index contributed by atoms with van der Waals surface area (Å²) in [6.07, 6.45) is 3.62. The number of hydrogen-bond donors (Lipinski definition) is 1. The van der Waals surface area contributed by atoms with E-state index in [1.807, 2.05) is 37.3 Å². The van der Waals surface area contributed by atoms with Crippen LogP contribution < -0.4 is 5.32 Å². The van der Waals surface area contributed by atoms with Gasteiger partial charge in [0.25, 0.3) is 5.91 Å². The number of pyridine rings is 1. The van der Waals surface area contributed by atoms with Gasteiger partial charge in [-0.2, -0.15) is 0 Å². The molecule has 0 aliphatic carbocycles. The van der Waals surface area contributed by atoms with Crippen LogP contribution in [0.3, 0.4) is 0 Å². The molecule has 0 radical (unpaired) electrons. The number of carbonyl (C=O) groups excluding carboxylic acids is 2. The molecule has 2 aromatic rings. The lowest BCUT2D eigenvalue weighted by Gasteiger charge is -2.23. The molecule has 5 nitrogen and oxygen atoms in total. The Bertz CT molecular complexity index is 644. The summed E-state index contributed by atoms with van der Waals surface area (Å²) in [6.45, 7) is 1.81. The van der Waals surface area contributed by atoms with Gasteiger partial charge in [0.2, 0.25) is 0 Å². The van der Waals surface area contributed by atoms with Crippen molar-refractivity contribution in [2.75, 3.05) is 7.11 Å². The molecule has 0 saturated heterocycles. The number of amides is 1. The first-order chi connectivity index (χ1) is 11.1. The molecule has 0 aliphatic heterocycles. The summed E-state index contributed by atoms with van der Waals surface area (Å²) in [7, 11) is 1.36. The standard InChI is InChI=1S/C18H20N2O3/c1-13(20-17(21)15-8-10-19-11-9-15)16(18(22)23-2)12-14-6-4-3-5-7-14/h3-11,13,16H,12H2,1-2H3,(H,20,21)/t13-,16-/m0/s1.